The van der Waals surface area contributed by atoms with E-state index in [9.17, 15) is 19.2 Å². The third kappa shape index (κ3) is 4.28. The lowest BCUT2D eigenvalue weighted by atomic mass is 10.0. The number of nitrogens with one attached hydrogen (secondary N) is 3. The first-order valence-electron chi connectivity index (χ1n) is 11.0. The predicted molar refractivity (Wildman–Crippen MR) is 129 cm³/mol. The zero-order valence-electron chi connectivity index (χ0n) is 18.8. The van der Waals surface area contributed by atoms with E-state index in [1.807, 2.05) is 12.1 Å². The van der Waals surface area contributed by atoms with E-state index >= 15 is 0 Å². The van der Waals surface area contributed by atoms with Crippen LogP contribution in [0.2, 0.25) is 5.02 Å². The zero-order valence-corrected chi connectivity index (χ0v) is 19.5. The second-order valence-corrected chi connectivity index (χ2v) is 8.79. The first-order chi connectivity index (χ1) is 16.8. The summed E-state index contributed by atoms with van der Waals surface area (Å²) < 4.78 is 6.91. The Hall–Kier alpha value is -4.05. The quantitative estimate of drug-likeness (QED) is 0.464. The first-order valence-corrected chi connectivity index (χ1v) is 11.4. The molecule has 5 rings (SSSR count). The molecule has 0 radical (unpaired) electrons. The molecule has 3 aromatic rings. The average Bonchev–Trinajstić information content (AvgIpc) is 3.33. The minimum absolute atomic E-state index is 0.0426. The van der Waals surface area contributed by atoms with E-state index in [4.69, 9.17) is 16.3 Å². The number of carbonyl (C=O) groups excluding carboxylic acids is 4. The highest BCUT2D eigenvalue weighted by Gasteiger charge is 2.39. The van der Waals surface area contributed by atoms with Gasteiger partial charge in [-0.1, -0.05) is 17.7 Å². The highest BCUT2D eigenvalue weighted by molar-refractivity contribution is 6.33. The number of ether oxygens (including phenoxy) is 1. The first kappa shape index (κ1) is 22.7. The summed E-state index contributed by atoms with van der Waals surface area (Å²) in [6, 6.07) is 11.4. The maximum atomic E-state index is 13.1. The Bertz CT molecular complexity index is 1380. The molecule has 2 aromatic carbocycles. The molecule has 0 saturated carbocycles. The summed E-state index contributed by atoms with van der Waals surface area (Å²) in [7, 11) is 1.75. The van der Waals surface area contributed by atoms with Gasteiger partial charge >= 0.3 is 12.1 Å². The Morgan fingerprint density at radius 1 is 1.17 bits per heavy atom. The zero-order chi connectivity index (χ0) is 24.7. The fourth-order valence-electron chi connectivity index (χ4n) is 4.45. The van der Waals surface area contributed by atoms with Crippen molar-refractivity contribution in [3.05, 3.63) is 58.7 Å². The third-order valence-corrected chi connectivity index (χ3v) is 6.47. The molecule has 0 spiro atoms. The molecule has 2 aliphatic rings. The van der Waals surface area contributed by atoms with Crippen LogP contribution in [0.15, 0.2) is 42.5 Å². The summed E-state index contributed by atoms with van der Waals surface area (Å²) in [4.78, 5) is 50.4. The standard InChI is InChI=1S/C24H22ClN5O5/c1-26-18-4-3-15(10-17(18)25)27-23(33)35-12-13-2-5-19-14(8-13)9-16-11-29(24(34)30(16)19)20-6-7-21(31)28-22(20)32/h2-5,8-10,20,26H,6-7,11-12H2,1H3,(H,27,33)(H,28,31,32). The van der Waals surface area contributed by atoms with Gasteiger partial charge in [-0.15, -0.1) is 0 Å². The number of halogens is 1. The Morgan fingerprint density at radius 2 is 2.00 bits per heavy atom. The molecular weight excluding hydrogens is 474 g/mol. The van der Waals surface area contributed by atoms with E-state index in [2.05, 4.69) is 16.0 Å². The molecule has 11 heteroatoms. The van der Waals surface area contributed by atoms with Crippen LogP contribution in [0.4, 0.5) is 21.0 Å². The van der Waals surface area contributed by atoms with Gasteiger partial charge in [-0.3, -0.25) is 24.8 Å². The lowest BCUT2D eigenvalue weighted by Crippen LogP contribution is -2.52. The number of carbonyl (C=O) groups is 4. The van der Waals surface area contributed by atoms with Crippen molar-refractivity contribution in [3.63, 3.8) is 0 Å². The van der Waals surface area contributed by atoms with Crippen molar-refractivity contribution in [2.24, 2.45) is 0 Å². The van der Waals surface area contributed by atoms with Crippen molar-refractivity contribution in [2.75, 3.05) is 17.7 Å². The van der Waals surface area contributed by atoms with Crippen LogP contribution in [0.3, 0.4) is 0 Å². The maximum Gasteiger partial charge on any atom is 0.411 e. The lowest BCUT2D eigenvalue weighted by Gasteiger charge is -2.28. The maximum absolute atomic E-state index is 13.1. The van der Waals surface area contributed by atoms with E-state index in [0.717, 1.165) is 22.3 Å². The summed E-state index contributed by atoms with van der Waals surface area (Å²) in [6.45, 7) is 0.323. The minimum atomic E-state index is -0.661. The number of aromatic nitrogens is 1. The predicted octanol–water partition coefficient (Wildman–Crippen LogP) is 3.67. The van der Waals surface area contributed by atoms with Crippen molar-refractivity contribution in [2.45, 2.75) is 32.0 Å². The molecule has 4 amide bonds. The molecule has 1 fully saturated rings. The van der Waals surface area contributed by atoms with Crippen molar-refractivity contribution in [1.29, 1.82) is 0 Å². The van der Waals surface area contributed by atoms with Gasteiger partial charge in [0.15, 0.2) is 0 Å². The van der Waals surface area contributed by atoms with Crippen LogP contribution in [0.5, 0.6) is 0 Å². The molecule has 1 saturated heterocycles. The van der Waals surface area contributed by atoms with E-state index in [1.54, 1.807) is 41.9 Å². The Morgan fingerprint density at radius 3 is 2.74 bits per heavy atom. The normalized spacial score (nSPS) is 17.4. The van der Waals surface area contributed by atoms with Gasteiger partial charge in [-0.25, -0.2) is 9.59 Å². The topological polar surface area (TPSA) is 122 Å². The molecule has 1 aromatic heterocycles. The number of benzene rings is 2. The Kier molecular flexibility index (Phi) is 5.81. The van der Waals surface area contributed by atoms with Crippen LogP contribution < -0.4 is 16.0 Å². The number of amides is 4. The van der Waals surface area contributed by atoms with E-state index in [0.29, 0.717) is 22.6 Å². The number of rotatable bonds is 5. The van der Waals surface area contributed by atoms with Crippen molar-refractivity contribution < 1.29 is 23.9 Å². The summed E-state index contributed by atoms with van der Waals surface area (Å²) >= 11 is 6.13. The Balaban J connectivity index is 1.25. The molecule has 1 atom stereocenters. The van der Waals surface area contributed by atoms with Gasteiger partial charge < -0.3 is 15.0 Å². The number of anilines is 2. The summed E-state index contributed by atoms with van der Waals surface area (Å²) in [6.07, 6.45) is -0.0943. The minimum Gasteiger partial charge on any atom is -0.444 e. The highest BCUT2D eigenvalue weighted by atomic mass is 35.5. The smallest absolute Gasteiger partial charge is 0.411 e. The van der Waals surface area contributed by atoms with Gasteiger partial charge in [0.2, 0.25) is 11.8 Å². The molecule has 0 aliphatic carbocycles. The van der Waals surface area contributed by atoms with E-state index < -0.39 is 18.0 Å². The molecule has 35 heavy (non-hydrogen) atoms. The fraction of sp³-hybridized carbons (Fsp3) is 0.250. The van der Waals surface area contributed by atoms with Crippen molar-refractivity contribution in [3.8, 4) is 0 Å². The lowest BCUT2D eigenvalue weighted by molar-refractivity contribution is -0.136. The van der Waals surface area contributed by atoms with Gasteiger partial charge in [0.25, 0.3) is 0 Å². The van der Waals surface area contributed by atoms with E-state index in [1.165, 1.54) is 4.90 Å². The fourth-order valence-corrected chi connectivity index (χ4v) is 4.72. The number of hydrogen-bond donors (Lipinski definition) is 3. The Labute approximate surface area is 205 Å². The number of fused-ring (bicyclic) bond motifs is 3. The SMILES string of the molecule is CNc1ccc(NC(=O)OCc2ccc3c(c2)cc2n3C(=O)N(C3CCC(=O)NC3=O)C2)cc1Cl. The van der Waals surface area contributed by atoms with Gasteiger partial charge in [0, 0.05) is 30.2 Å². The average molecular weight is 496 g/mol. The van der Waals surface area contributed by atoms with Gasteiger partial charge in [-0.2, -0.15) is 0 Å². The second-order valence-electron chi connectivity index (χ2n) is 8.39. The molecule has 3 N–H and O–H groups in total. The van der Waals surface area contributed by atoms with Crippen LogP contribution in [-0.2, 0) is 27.5 Å². The van der Waals surface area contributed by atoms with Gasteiger partial charge in [0.05, 0.1) is 22.8 Å². The van der Waals surface area contributed by atoms with Crippen LogP contribution in [0.25, 0.3) is 10.9 Å². The highest BCUT2D eigenvalue weighted by Crippen LogP contribution is 2.30. The number of nitrogens with zero attached hydrogens (tertiary/aromatic N) is 2. The van der Waals surface area contributed by atoms with Crippen LogP contribution in [-0.4, -0.2) is 46.5 Å². The van der Waals surface area contributed by atoms with Crippen molar-refractivity contribution >= 4 is 57.8 Å². The number of imide groups is 1. The molecule has 3 heterocycles. The monoisotopic (exact) mass is 495 g/mol. The van der Waals surface area contributed by atoms with Gasteiger partial charge in [-0.05, 0) is 48.4 Å². The summed E-state index contributed by atoms with van der Waals surface area (Å²) in [5, 5.41) is 9.19. The van der Waals surface area contributed by atoms with Crippen LogP contribution in [0.1, 0.15) is 24.1 Å². The van der Waals surface area contributed by atoms with Crippen LogP contribution >= 0.6 is 11.6 Å². The largest absolute Gasteiger partial charge is 0.444 e. The third-order valence-electron chi connectivity index (χ3n) is 6.15. The number of hydrogen-bond acceptors (Lipinski definition) is 6. The molecule has 180 valence electrons. The summed E-state index contributed by atoms with van der Waals surface area (Å²) in [5.41, 5.74) is 3.48. The molecule has 1 unspecified atom stereocenters. The molecule has 2 aliphatic heterocycles. The molecule has 0 bridgehead atoms. The van der Waals surface area contributed by atoms with Gasteiger partial charge in [0.1, 0.15) is 12.6 Å². The number of piperidine rings is 1. The summed E-state index contributed by atoms with van der Waals surface area (Å²) in [5.74, 6) is -0.760. The van der Waals surface area contributed by atoms with Crippen molar-refractivity contribution in [1.82, 2.24) is 14.8 Å². The molecule has 10 nitrogen and oxygen atoms in total. The van der Waals surface area contributed by atoms with E-state index in [-0.39, 0.29) is 31.5 Å². The van der Waals surface area contributed by atoms with Crippen LogP contribution in [0, 0.1) is 0 Å². The molecular formula is C24H22ClN5O5. The second kappa shape index (κ2) is 8.95.